The van der Waals surface area contributed by atoms with Crippen LogP contribution < -0.4 is 5.32 Å². The second kappa shape index (κ2) is 10.0. The number of halogens is 1. The number of amides is 3. The molecular weight excluding hydrogens is 418 g/mol. The second-order valence-corrected chi connectivity index (χ2v) is 7.58. The molecule has 1 aliphatic heterocycles. The fraction of sp³-hybridized carbons (Fsp3) is 0.217. The van der Waals surface area contributed by atoms with Gasteiger partial charge in [-0.25, -0.2) is 9.79 Å². The van der Waals surface area contributed by atoms with Crippen LogP contribution in [0.5, 0.6) is 0 Å². The summed E-state index contributed by atoms with van der Waals surface area (Å²) in [6, 6.07) is 15.1. The number of benzene rings is 2. The summed E-state index contributed by atoms with van der Waals surface area (Å²) < 4.78 is 0. The molecule has 1 aliphatic rings. The monoisotopic (exact) mass is 439 g/mol. The summed E-state index contributed by atoms with van der Waals surface area (Å²) in [4.78, 5) is 42.0. The lowest BCUT2D eigenvalue weighted by Crippen LogP contribution is -2.50. The molecular formula is C23H22ClN3O4. The molecule has 2 N–H and O–H groups in total. The Hall–Kier alpha value is -3.45. The van der Waals surface area contributed by atoms with E-state index in [-0.39, 0.29) is 6.54 Å². The molecule has 0 saturated heterocycles. The maximum atomic E-state index is 13.4. The van der Waals surface area contributed by atoms with E-state index >= 15 is 0 Å². The van der Waals surface area contributed by atoms with E-state index in [0.717, 1.165) is 5.56 Å². The number of hydrogen-bond acceptors (Lipinski definition) is 3. The molecule has 31 heavy (non-hydrogen) atoms. The van der Waals surface area contributed by atoms with Crippen molar-refractivity contribution in [3.63, 3.8) is 0 Å². The molecule has 7 nitrogen and oxygen atoms in total. The molecule has 2 aromatic carbocycles. The average Bonchev–Trinajstić information content (AvgIpc) is 2.72. The maximum absolute atomic E-state index is 13.4. The molecule has 2 aromatic rings. The number of carboxylic acids is 1. The van der Waals surface area contributed by atoms with Gasteiger partial charge in [-0.05, 0) is 30.2 Å². The van der Waals surface area contributed by atoms with E-state index in [1.807, 2.05) is 36.4 Å². The first kappa shape index (κ1) is 22.2. The van der Waals surface area contributed by atoms with Crippen molar-refractivity contribution in [1.82, 2.24) is 10.2 Å². The molecule has 0 fully saturated rings. The third-order valence-corrected chi connectivity index (χ3v) is 5.12. The minimum atomic E-state index is -1.13. The van der Waals surface area contributed by atoms with Crippen LogP contribution in [0.3, 0.4) is 0 Å². The lowest BCUT2D eigenvalue weighted by Gasteiger charge is -2.33. The average molecular weight is 440 g/mol. The summed E-state index contributed by atoms with van der Waals surface area (Å²) in [5.74, 6) is -2.41. The molecule has 2 unspecified atom stereocenters. The number of carboxylic acid groups (broad SMARTS) is 1. The zero-order valence-corrected chi connectivity index (χ0v) is 17.6. The number of carbonyl (C=O) groups excluding carboxylic acids is 2. The lowest BCUT2D eigenvalue weighted by atomic mass is 9.87. The Balaban J connectivity index is 1.89. The molecule has 0 aliphatic carbocycles. The van der Waals surface area contributed by atoms with Crippen LogP contribution in [0.15, 0.2) is 65.7 Å². The number of urea groups is 1. The molecule has 2 atom stereocenters. The van der Waals surface area contributed by atoms with Crippen molar-refractivity contribution < 1.29 is 19.5 Å². The van der Waals surface area contributed by atoms with Crippen LogP contribution in [0.25, 0.3) is 6.08 Å². The van der Waals surface area contributed by atoms with Gasteiger partial charge in [0.2, 0.25) is 5.91 Å². The SMILES string of the molecule is CC1=NC(=O)NC(c2cccc(Cl)c2)C1C(=O)N(CC=Cc1ccccc1)CC(=O)O. The number of aliphatic imine (C=N–C) groups is 1. The third kappa shape index (κ3) is 5.79. The minimum Gasteiger partial charge on any atom is -0.480 e. The lowest BCUT2D eigenvalue weighted by molar-refractivity contribution is -0.145. The van der Waals surface area contributed by atoms with Crippen molar-refractivity contribution in [1.29, 1.82) is 0 Å². The number of carbonyl (C=O) groups is 3. The van der Waals surface area contributed by atoms with Crippen molar-refractivity contribution in [3.05, 3.63) is 76.8 Å². The Kier molecular flexibility index (Phi) is 7.20. The van der Waals surface area contributed by atoms with Gasteiger partial charge in [-0.2, -0.15) is 0 Å². The van der Waals surface area contributed by atoms with Crippen LogP contribution in [-0.4, -0.2) is 46.7 Å². The molecule has 160 valence electrons. The second-order valence-electron chi connectivity index (χ2n) is 7.14. The Morgan fingerprint density at radius 3 is 2.61 bits per heavy atom. The topological polar surface area (TPSA) is 99.1 Å². The highest BCUT2D eigenvalue weighted by molar-refractivity contribution is 6.30. The standard InChI is InChI=1S/C23H22ClN3O4/c1-15-20(21(26-23(31)25-15)17-10-5-11-18(24)13-17)22(30)27(14-19(28)29)12-6-9-16-7-3-2-4-8-16/h2-11,13,20-21H,12,14H2,1H3,(H,26,31)(H,28,29). The van der Waals surface area contributed by atoms with Gasteiger partial charge in [0.25, 0.3) is 0 Å². The van der Waals surface area contributed by atoms with Gasteiger partial charge in [0.15, 0.2) is 0 Å². The fourth-order valence-corrected chi connectivity index (χ4v) is 3.69. The number of rotatable bonds is 7. The van der Waals surface area contributed by atoms with Crippen LogP contribution in [0.1, 0.15) is 24.1 Å². The van der Waals surface area contributed by atoms with Crippen LogP contribution in [0.4, 0.5) is 4.79 Å². The molecule has 8 heteroatoms. The first-order chi connectivity index (χ1) is 14.8. The largest absolute Gasteiger partial charge is 0.480 e. The van der Waals surface area contributed by atoms with Crippen molar-refractivity contribution in [2.75, 3.05) is 13.1 Å². The molecule has 1 heterocycles. The molecule has 0 aromatic heterocycles. The van der Waals surface area contributed by atoms with E-state index < -0.39 is 36.4 Å². The zero-order valence-electron chi connectivity index (χ0n) is 16.9. The zero-order chi connectivity index (χ0) is 22.4. The van der Waals surface area contributed by atoms with Crippen LogP contribution in [0.2, 0.25) is 5.02 Å². The normalized spacial score (nSPS) is 18.4. The van der Waals surface area contributed by atoms with E-state index in [1.54, 1.807) is 37.3 Å². The predicted octanol–water partition coefficient (Wildman–Crippen LogP) is 3.81. The first-order valence-corrected chi connectivity index (χ1v) is 10.1. The van der Waals surface area contributed by atoms with Crippen LogP contribution in [0, 0.1) is 5.92 Å². The van der Waals surface area contributed by atoms with Gasteiger partial charge in [-0.15, -0.1) is 0 Å². The van der Waals surface area contributed by atoms with Gasteiger partial charge in [-0.1, -0.05) is 66.2 Å². The molecule has 3 rings (SSSR count). The fourth-order valence-electron chi connectivity index (χ4n) is 3.49. The van der Waals surface area contributed by atoms with Gasteiger partial charge in [-0.3, -0.25) is 9.59 Å². The van der Waals surface area contributed by atoms with E-state index in [4.69, 9.17) is 11.6 Å². The number of hydrogen-bond donors (Lipinski definition) is 2. The van der Waals surface area contributed by atoms with E-state index in [1.165, 1.54) is 4.90 Å². The summed E-state index contributed by atoms with van der Waals surface area (Å²) in [7, 11) is 0. The Bertz CT molecular complexity index is 1040. The minimum absolute atomic E-state index is 0.0972. The van der Waals surface area contributed by atoms with E-state index in [2.05, 4.69) is 10.3 Å². The van der Waals surface area contributed by atoms with Crippen molar-refractivity contribution in [2.24, 2.45) is 10.9 Å². The summed E-state index contributed by atoms with van der Waals surface area (Å²) >= 11 is 6.10. The van der Waals surface area contributed by atoms with Gasteiger partial charge in [0.1, 0.15) is 12.5 Å². The highest BCUT2D eigenvalue weighted by atomic mass is 35.5. The highest BCUT2D eigenvalue weighted by Gasteiger charge is 2.39. The van der Waals surface area contributed by atoms with Crippen LogP contribution >= 0.6 is 11.6 Å². The molecule has 0 spiro atoms. The quantitative estimate of drug-likeness (QED) is 0.685. The Labute approximate surface area is 185 Å². The van der Waals surface area contributed by atoms with Gasteiger partial charge in [0.05, 0.1) is 6.04 Å². The predicted molar refractivity (Wildman–Crippen MR) is 119 cm³/mol. The van der Waals surface area contributed by atoms with Crippen molar-refractivity contribution >= 4 is 41.3 Å². The van der Waals surface area contributed by atoms with Crippen molar-refractivity contribution in [2.45, 2.75) is 13.0 Å². The van der Waals surface area contributed by atoms with E-state index in [9.17, 15) is 19.5 Å². The molecule has 3 amide bonds. The van der Waals surface area contributed by atoms with Gasteiger partial charge < -0.3 is 15.3 Å². The smallest absolute Gasteiger partial charge is 0.341 e. The first-order valence-electron chi connectivity index (χ1n) is 9.68. The van der Waals surface area contributed by atoms with Crippen molar-refractivity contribution in [3.8, 4) is 0 Å². The highest BCUT2D eigenvalue weighted by Crippen LogP contribution is 2.30. The maximum Gasteiger partial charge on any atom is 0.341 e. The molecule has 0 radical (unpaired) electrons. The van der Waals surface area contributed by atoms with Gasteiger partial charge >= 0.3 is 12.0 Å². The van der Waals surface area contributed by atoms with Gasteiger partial charge in [0, 0.05) is 17.3 Å². The number of aliphatic carboxylic acids is 1. The number of nitrogens with one attached hydrogen (secondary N) is 1. The molecule has 0 bridgehead atoms. The summed E-state index contributed by atoms with van der Waals surface area (Å²) in [5.41, 5.74) is 1.90. The Morgan fingerprint density at radius 2 is 1.94 bits per heavy atom. The number of nitrogens with zero attached hydrogens (tertiary/aromatic N) is 2. The van der Waals surface area contributed by atoms with E-state index in [0.29, 0.717) is 16.3 Å². The van der Waals surface area contributed by atoms with Crippen LogP contribution in [-0.2, 0) is 9.59 Å². The molecule has 0 saturated carbocycles. The summed E-state index contributed by atoms with van der Waals surface area (Å²) in [5, 5.41) is 12.5. The Morgan fingerprint density at radius 1 is 1.19 bits per heavy atom. The third-order valence-electron chi connectivity index (χ3n) is 4.89. The summed E-state index contributed by atoms with van der Waals surface area (Å²) in [6.45, 7) is 1.22. The summed E-state index contributed by atoms with van der Waals surface area (Å²) in [6.07, 6.45) is 3.55.